The number of benzene rings is 2. The van der Waals surface area contributed by atoms with Gasteiger partial charge in [-0.1, -0.05) is 88.8 Å². The summed E-state index contributed by atoms with van der Waals surface area (Å²) in [7, 11) is 3.54. The topological polar surface area (TPSA) is 0 Å². The molecule has 0 aromatic heterocycles. The Balaban J connectivity index is 1.91. The first-order valence-corrected chi connectivity index (χ1v) is 10.5. The molecule has 2 aromatic carbocycles. The van der Waals surface area contributed by atoms with Crippen molar-refractivity contribution < 1.29 is 0 Å². The maximum atomic E-state index is 6.19. The van der Waals surface area contributed by atoms with E-state index in [1.54, 1.807) is 21.6 Å². The first-order chi connectivity index (χ1) is 9.59. The summed E-state index contributed by atoms with van der Waals surface area (Å²) < 4.78 is 2.11. The summed E-state index contributed by atoms with van der Waals surface area (Å²) in [5, 5.41) is 1.60. The third-order valence-corrected chi connectivity index (χ3v) is 6.99. The molecule has 0 nitrogen and oxygen atoms in total. The van der Waals surface area contributed by atoms with E-state index in [-0.39, 0.29) is 0 Å². The molecule has 0 heterocycles. The van der Waals surface area contributed by atoms with Gasteiger partial charge in [0.15, 0.2) is 0 Å². The van der Waals surface area contributed by atoms with Crippen LogP contribution in [0, 0.1) is 0 Å². The highest BCUT2D eigenvalue weighted by Crippen LogP contribution is 2.37. The van der Waals surface area contributed by atoms with E-state index in [1.165, 1.54) is 0 Å². The second kappa shape index (κ2) is 8.35. The van der Waals surface area contributed by atoms with E-state index >= 15 is 0 Å². The van der Waals surface area contributed by atoms with Crippen molar-refractivity contribution in [2.24, 2.45) is 0 Å². The predicted molar refractivity (Wildman–Crippen MR) is 101 cm³/mol. The molecule has 6 heteroatoms. The maximum Gasteiger partial charge on any atom is 0.0457 e. The minimum absolute atomic E-state index is 0.798. The van der Waals surface area contributed by atoms with Gasteiger partial charge in [0.05, 0.1) is 0 Å². The molecule has 0 saturated heterocycles. The highest BCUT2D eigenvalue weighted by Gasteiger charge is 2.08. The van der Waals surface area contributed by atoms with Gasteiger partial charge in [0.1, 0.15) is 0 Å². The van der Waals surface area contributed by atoms with E-state index in [0.29, 0.717) is 0 Å². The number of hydrogen-bond donors (Lipinski definition) is 0. The largest absolute Gasteiger partial charge is 0.0889 e. The fourth-order valence-electron chi connectivity index (χ4n) is 1.54. The van der Waals surface area contributed by atoms with Crippen molar-refractivity contribution in [3.05, 3.63) is 66.5 Å². The van der Waals surface area contributed by atoms with Crippen molar-refractivity contribution in [1.29, 1.82) is 0 Å². The second-order valence-electron chi connectivity index (χ2n) is 3.92. The molecule has 0 amide bonds. The fourth-order valence-corrected chi connectivity index (χ4v) is 6.03. The lowest BCUT2D eigenvalue weighted by molar-refractivity contribution is 1.38. The molecule has 0 atom stereocenters. The third-order valence-electron chi connectivity index (χ3n) is 2.61. The van der Waals surface area contributed by atoms with Crippen LogP contribution in [0.15, 0.2) is 45.3 Å². The van der Waals surface area contributed by atoms with E-state index in [1.807, 2.05) is 36.4 Å². The Morgan fingerprint density at radius 1 is 0.750 bits per heavy atom. The van der Waals surface area contributed by atoms with Crippen molar-refractivity contribution in [1.82, 2.24) is 0 Å². The van der Waals surface area contributed by atoms with Crippen LogP contribution in [-0.4, -0.2) is 0 Å². The van der Waals surface area contributed by atoms with Gasteiger partial charge in [0.2, 0.25) is 0 Å². The molecule has 2 rings (SSSR count). The van der Waals surface area contributed by atoms with Gasteiger partial charge < -0.3 is 0 Å². The Hall–Kier alpha value is 0.680. The molecule has 0 aliphatic heterocycles. The molecular formula is C14H10Br2Cl2S2. The third kappa shape index (κ3) is 4.59. The normalized spacial score (nSPS) is 10.8. The molecule has 106 valence electrons. The average Bonchev–Trinajstić information content (AvgIpc) is 2.40. The highest BCUT2D eigenvalue weighted by molar-refractivity contribution is 9.10. The Morgan fingerprint density at radius 3 is 1.50 bits per heavy atom. The summed E-state index contributed by atoms with van der Waals surface area (Å²) in [6, 6.07) is 11.7. The Kier molecular flexibility index (Phi) is 7.11. The summed E-state index contributed by atoms with van der Waals surface area (Å²) >= 11 is 19.5. The first-order valence-electron chi connectivity index (χ1n) is 5.70. The Bertz CT molecular complexity index is 512. The zero-order valence-electron chi connectivity index (χ0n) is 10.2. The van der Waals surface area contributed by atoms with Gasteiger partial charge in [-0.2, -0.15) is 0 Å². The van der Waals surface area contributed by atoms with E-state index in [0.717, 1.165) is 41.6 Å². The summed E-state index contributed by atoms with van der Waals surface area (Å²) in [6.07, 6.45) is 0. The standard InChI is InChI=1S/C14H10Br2Cl2S2/c15-11-3-1-5-13(17)9(11)7-19-20-8-10-12(16)4-2-6-14(10)18/h1-6H,7-8H2. The van der Waals surface area contributed by atoms with E-state index in [4.69, 9.17) is 23.2 Å². The van der Waals surface area contributed by atoms with Crippen LogP contribution in [0.5, 0.6) is 0 Å². The van der Waals surface area contributed by atoms with E-state index in [9.17, 15) is 0 Å². The van der Waals surface area contributed by atoms with Gasteiger partial charge in [-0.3, -0.25) is 0 Å². The van der Waals surface area contributed by atoms with Crippen molar-refractivity contribution in [2.75, 3.05) is 0 Å². The van der Waals surface area contributed by atoms with E-state index in [2.05, 4.69) is 31.9 Å². The van der Waals surface area contributed by atoms with Crippen LogP contribution in [0.1, 0.15) is 11.1 Å². The minimum atomic E-state index is 0.798. The van der Waals surface area contributed by atoms with Crippen LogP contribution in [0.4, 0.5) is 0 Å². The highest BCUT2D eigenvalue weighted by atomic mass is 79.9. The molecule has 0 fully saturated rings. The number of halogens is 4. The lowest BCUT2D eigenvalue weighted by atomic mass is 10.2. The molecule has 0 spiro atoms. The van der Waals surface area contributed by atoms with Crippen molar-refractivity contribution >= 4 is 76.6 Å². The molecule has 0 aliphatic carbocycles. The molecule has 0 N–H and O–H groups in total. The van der Waals surface area contributed by atoms with Crippen molar-refractivity contribution in [3.63, 3.8) is 0 Å². The molecule has 20 heavy (non-hydrogen) atoms. The zero-order chi connectivity index (χ0) is 14.5. The average molecular weight is 473 g/mol. The van der Waals surface area contributed by atoms with Gasteiger partial charge in [-0.25, -0.2) is 0 Å². The molecule has 0 bridgehead atoms. The lowest BCUT2D eigenvalue weighted by Crippen LogP contribution is -1.85. The molecular weight excluding hydrogens is 463 g/mol. The summed E-state index contributed by atoms with van der Waals surface area (Å²) in [5.74, 6) is 1.71. The first kappa shape index (κ1) is 17.0. The Labute approximate surface area is 153 Å². The molecule has 0 unspecified atom stereocenters. The lowest BCUT2D eigenvalue weighted by Gasteiger charge is -2.08. The van der Waals surface area contributed by atoms with Gasteiger partial charge in [-0.05, 0) is 35.4 Å². The van der Waals surface area contributed by atoms with Crippen LogP contribution in [0.2, 0.25) is 10.0 Å². The molecule has 0 saturated carbocycles. The molecule has 0 aliphatic rings. The van der Waals surface area contributed by atoms with Crippen molar-refractivity contribution in [3.8, 4) is 0 Å². The van der Waals surface area contributed by atoms with Gasteiger partial charge >= 0.3 is 0 Å². The molecule has 2 aromatic rings. The Morgan fingerprint density at radius 2 is 1.15 bits per heavy atom. The van der Waals surface area contributed by atoms with Crippen LogP contribution in [0.3, 0.4) is 0 Å². The van der Waals surface area contributed by atoms with Crippen LogP contribution in [0.25, 0.3) is 0 Å². The zero-order valence-corrected chi connectivity index (χ0v) is 16.5. The maximum absolute atomic E-state index is 6.19. The monoisotopic (exact) mass is 470 g/mol. The SMILES string of the molecule is Clc1cccc(Br)c1CSSCc1c(Cl)cccc1Br. The fraction of sp³-hybridized carbons (Fsp3) is 0.143. The van der Waals surface area contributed by atoms with Gasteiger partial charge in [0.25, 0.3) is 0 Å². The predicted octanol–water partition coefficient (Wildman–Crippen LogP) is 7.60. The van der Waals surface area contributed by atoms with E-state index < -0.39 is 0 Å². The summed E-state index contributed by atoms with van der Waals surface area (Å²) in [5.41, 5.74) is 2.26. The number of hydrogen-bond acceptors (Lipinski definition) is 2. The van der Waals surface area contributed by atoms with Crippen LogP contribution < -0.4 is 0 Å². The quantitative estimate of drug-likeness (QED) is 0.324. The minimum Gasteiger partial charge on any atom is -0.0889 e. The second-order valence-corrected chi connectivity index (χ2v) is 8.91. The van der Waals surface area contributed by atoms with Crippen LogP contribution >= 0.6 is 76.6 Å². The van der Waals surface area contributed by atoms with Crippen LogP contribution in [-0.2, 0) is 11.5 Å². The molecule has 0 radical (unpaired) electrons. The van der Waals surface area contributed by atoms with Gasteiger partial charge in [0, 0.05) is 30.5 Å². The smallest absolute Gasteiger partial charge is 0.0457 e. The summed E-state index contributed by atoms with van der Waals surface area (Å²) in [6.45, 7) is 0. The van der Waals surface area contributed by atoms with Crippen molar-refractivity contribution in [2.45, 2.75) is 11.5 Å². The summed E-state index contributed by atoms with van der Waals surface area (Å²) in [4.78, 5) is 0. The van der Waals surface area contributed by atoms with Gasteiger partial charge in [-0.15, -0.1) is 0 Å². The number of rotatable bonds is 5.